The van der Waals surface area contributed by atoms with Crippen LogP contribution in [-0.4, -0.2) is 5.78 Å². The lowest BCUT2D eigenvalue weighted by molar-refractivity contribution is 0.104. The fraction of sp³-hybridized carbons (Fsp3) is 0. The van der Waals surface area contributed by atoms with Gasteiger partial charge in [-0.3, -0.25) is 4.79 Å². The first-order valence-corrected chi connectivity index (χ1v) is 5.10. The van der Waals surface area contributed by atoms with Crippen molar-refractivity contribution < 1.29 is 4.79 Å². The topological polar surface area (TPSA) is 17.1 Å². The molecule has 0 atom stereocenters. The van der Waals surface area contributed by atoms with E-state index >= 15 is 0 Å². The monoisotopic (exact) mass is 207 g/mol. The van der Waals surface area contributed by atoms with E-state index in [1.165, 1.54) is 0 Å². The number of hydrogen-bond donors (Lipinski definition) is 0. The van der Waals surface area contributed by atoms with E-state index < -0.39 is 0 Å². The van der Waals surface area contributed by atoms with Gasteiger partial charge in [-0.2, -0.15) is 0 Å². The first kappa shape index (κ1) is 10.4. The van der Waals surface area contributed by atoms with Crippen LogP contribution in [0.5, 0.6) is 0 Å². The van der Waals surface area contributed by atoms with Crippen LogP contribution in [0.1, 0.15) is 15.9 Å². The lowest BCUT2D eigenvalue weighted by Crippen LogP contribution is -1.92. The van der Waals surface area contributed by atoms with Gasteiger partial charge in [0.15, 0.2) is 5.78 Å². The van der Waals surface area contributed by atoms with Gasteiger partial charge >= 0.3 is 0 Å². The van der Waals surface area contributed by atoms with Crippen molar-refractivity contribution >= 4 is 11.9 Å². The summed E-state index contributed by atoms with van der Waals surface area (Å²) in [5, 5.41) is 0. The van der Waals surface area contributed by atoms with Gasteiger partial charge in [0.2, 0.25) is 0 Å². The SMILES string of the molecule is O=C(/C=C/c1ccccc1)c1[c]cccc1. The van der Waals surface area contributed by atoms with Crippen LogP contribution >= 0.6 is 0 Å². The van der Waals surface area contributed by atoms with Crippen molar-refractivity contribution in [2.45, 2.75) is 0 Å². The largest absolute Gasteiger partial charge is 0.289 e. The normalized spacial score (nSPS) is 10.5. The van der Waals surface area contributed by atoms with E-state index in [-0.39, 0.29) is 5.78 Å². The summed E-state index contributed by atoms with van der Waals surface area (Å²) in [6, 6.07) is 19.8. The molecule has 0 aromatic heterocycles. The van der Waals surface area contributed by atoms with Gasteiger partial charge in [0, 0.05) is 5.56 Å². The average Bonchev–Trinajstić information content (AvgIpc) is 2.38. The maximum absolute atomic E-state index is 11.7. The Kier molecular flexibility index (Phi) is 3.29. The molecule has 0 saturated heterocycles. The summed E-state index contributed by atoms with van der Waals surface area (Å²) in [5.41, 5.74) is 1.61. The molecule has 0 unspecified atom stereocenters. The Bertz CT molecular complexity index is 483. The molecule has 0 N–H and O–H groups in total. The van der Waals surface area contributed by atoms with Crippen molar-refractivity contribution in [3.63, 3.8) is 0 Å². The molecular formula is C15H11O. The second-order valence-electron chi connectivity index (χ2n) is 3.38. The number of hydrogen-bond acceptors (Lipinski definition) is 1. The number of allylic oxidation sites excluding steroid dienone is 1. The quantitative estimate of drug-likeness (QED) is 0.557. The van der Waals surface area contributed by atoms with Gasteiger partial charge in [-0.1, -0.05) is 60.7 Å². The second-order valence-corrected chi connectivity index (χ2v) is 3.38. The molecule has 1 nitrogen and oxygen atoms in total. The third-order valence-electron chi connectivity index (χ3n) is 2.20. The van der Waals surface area contributed by atoms with Crippen molar-refractivity contribution in [1.82, 2.24) is 0 Å². The molecule has 0 saturated carbocycles. The standard InChI is InChI=1S/C15H11O/c16-15(14-9-5-2-6-10-14)12-11-13-7-3-1-4-8-13/h1-9,11-12H/b12-11+. The van der Waals surface area contributed by atoms with Crippen LogP contribution in [0, 0.1) is 6.07 Å². The van der Waals surface area contributed by atoms with Gasteiger partial charge < -0.3 is 0 Å². The highest BCUT2D eigenvalue weighted by Gasteiger charge is 1.99. The average molecular weight is 207 g/mol. The number of benzene rings is 2. The zero-order chi connectivity index (χ0) is 11.2. The minimum atomic E-state index is -0.0237. The molecule has 0 aliphatic carbocycles. The van der Waals surface area contributed by atoms with Crippen molar-refractivity contribution in [3.8, 4) is 0 Å². The Morgan fingerprint density at radius 2 is 1.75 bits per heavy atom. The van der Waals surface area contributed by atoms with Crippen molar-refractivity contribution in [3.05, 3.63) is 77.9 Å². The van der Waals surface area contributed by atoms with Gasteiger partial charge in [-0.05, 0) is 17.7 Å². The van der Waals surface area contributed by atoms with Gasteiger partial charge in [-0.15, -0.1) is 0 Å². The maximum Gasteiger partial charge on any atom is 0.186 e. The number of rotatable bonds is 3. The molecular weight excluding hydrogens is 196 g/mol. The Balaban J connectivity index is 2.12. The molecule has 16 heavy (non-hydrogen) atoms. The minimum Gasteiger partial charge on any atom is -0.289 e. The van der Waals surface area contributed by atoms with E-state index in [4.69, 9.17) is 0 Å². The third-order valence-corrected chi connectivity index (χ3v) is 2.20. The van der Waals surface area contributed by atoms with Crippen LogP contribution in [0.25, 0.3) is 6.08 Å². The smallest absolute Gasteiger partial charge is 0.186 e. The summed E-state index contributed by atoms with van der Waals surface area (Å²) < 4.78 is 0. The first-order valence-electron chi connectivity index (χ1n) is 5.10. The fourth-order valence-electron chi connectivity index (χ4n) is 1.37. The summed E-state index contributed by atoms with van der Waals surface area (Å²) in [4.78, 5) is 11.7. The molecule has 0 spiro atoms. The molecule has 0 fully saturated rings. The molecule has 0 heterocycles. The van der Waals surface area contributed by atoms with Gasteiger partial charge in [0.25, 0.3) is 0 Å². The molecule has 0 amide bonds. The zero-order valence-electron chi connectivity index (χ0n) is 8.76. The summed E-state index contributed by atoms with van der Waals surface area (Å²) >= 11 is 0. The van der Waals surface area contributed by atoms with Crippen molar-refractivity contribution in [2.75, 3.05) is 0 Å². The van der Waals surface area contributed by atoms with Crippen molar-refractivity contribution in [2.24, 2.45) is 0 Å². The van der Waals surface area contributed by atoms with E-state index in [0.717, 1.165) is 5.56 Å². The van der Waals surface area contributed by atoms with Crippen molar-refractivity contribution in [1.29, 1.82) is 0 Å². The number of ketones is 1. The summed E-state index contributed by atoms with van der Waals surface area (Å²) in [6.45, 7) is 0. The number of carbonyl (C=O) groups is 1. The predicted molar refractivity (Wildman–Crippen MR) is 65.1 cm³/mol. The lowest BCUT2D eigenvalue weighted by atomic mass is 10.1. The molecule has 2 aromatic carbocycles. The van der Waals surface area contributed by atoms with Gasteiger partial charge in [0.1, 0.15) is 0 Å². The molecule has 77 valence electrons. The van der Waals surface area contributed by atoms with Crippen LogP contribution in [0.2, 0.25) is 0 Å². The highest BCUT2D eigenvalue weighted by molar-refractivity contribution is 6.06. The lowest BCUT2D eigenvalue weighted by Gasteiger charge is -1.94. The van der Waals surface area contributed by atoms with E-state index in [9.17, 15) is 4.79 Å². The van der Waals surface area contributed by atoms with E-state index in [0.29, 0.717) is 5.56 Å². The summed E-state index contributed by atoms with van der Waals surface area (Å²) in [5.74, 6) is -0.0237. The second kappa shape index (κ2) is 5.08. The van der Waals surface area contributed by atoms with Crippen LogP contribution in [0.15, 0.2) is 60.7 Å². The highest BCUT2D eigenvalue weighted by Crippen LogP contribution is 2.04. The third kappa shape index (κ3) is 2.67. The Morgan fingerprint density at radius 1 is 1.00 bits per heavy atom. The molecule has 1 radical (unpaired) electrons. The molecule has 2 aromatic rings. The van der Waals surface area contributed by atoms with Crippen LogP contribution in [-0.2, 0) is 0 Å². The highest BCUT2D eigenvalue weighted by atomic mass is 16.1. The summed E-state index contributed by atoms with van der Waals surface area (Å²) in [7, 11) is 0. The Morgan fingerprint density at radius 3 is 2.44 bits per heavy atom. The van der Waals surface area contributed by atoms with Crippen LogP contribution in [0.3, 0.4) is 0 Å². The van der Waals surface area contributed by atoms with Gasteiger partial charge in [0.05, 0.1) is 0 Å². The van der Waals surface area contributed by atoms with Gasteiger partial charge in [-0.25, -0.2) is 0 Å². The van der Waals surface area contributed by atoms with E-state index in [1.807, 2.05) is 48.5 Å². The van der Waals surface area contributed by atoms with Crippen LogP contribution < -0.4 is 0 Å². The fourth-order valence-corrected chi connectivity index (χ4v) is 1.37. The molecule has 2 rings (SSSR count). The Labute approximate surface area is 95.1 Å². The zero-order valence-corrected chi connectivity index (χ0v) is 8.76. The molecule has 0 aliphatic rings. The summed E-state index contributed by atoms with van der Waals surface area (Å²) in [6.07, 6.45) is 3.38. The molecule has 0 aliphatic heterocycles. The van der Waals surface area contributed by atoms with E-state index in [1.54, 1.807) is 18.2 Å². The first-order chi connectivity index (χ1) is 7.86. The number of carbonyl (C=O) groups excluding carboxylic acids is 1. The van der Waals surface area contributed by atoms with Crippen LogP contribution in [0.4, 0.5) is 0 Å². The molecule has 1 heteroatoms. The Hall–Kier alpha value is -2.15. The predicted octanol–water partition coefficient (Wildman–Crippen LogP) is 3.38. The molecule has 0 bridgehead atoms. The van der Waals surface area contributed by atoms with E-state index in [2.05, 4.69) is 6.07 Å². The minimum absolute atomic E-state index is 0.0237. The maximum atomic E-state index is 11.7.